The minimum absolute atomic E-state index is 0.0477. The van der Waals surface area contributed by atoms with Crippen LogP contribution in [0.2, 0.25) is 0 Å². The van der Waals surface area contributed by atoms with Gasteiger partial charge in [-0.15, -0.1) is 0 Å². The Bertz CT molecular complexity index is 767. The molecule has 0 saturated carbocycles. The van der Waals surface area contributed by atoms with E-state index in [0.717, 1.165) is 28.3 Å². The van der Waals surface area contributed by atoms with Crippen molar-refractivity contribution in [1.82, 2.24) is 0 Å². The average Bonchev–Trinajstić information content (AvgIpc) is 2.52. The molecule has 0 bridgehead atoms. The molecule has 0 fully saturated rings. The molecule has 1 heterocycles. The zero-order chi connectivity index (χ0) is 17.3. The number of aryl methyl sites for hydroxylation is 2. The van der Waals surface area contributed by atoms with Gasteiger partial charge in [0.05, 0.1) is 12.2 Å². The minimum atomic E-state index is -0.869. The first-order valence-electron chi connectivity index (χ1n) is 8.18. The van der Waals surface area contributed by atoms with Crippen LogP contribution < -0.4 is 14.4 Å². The van der Waals surface area contributed by atoms with E-state index in [4.69, 9.17) is 9.47 Å². The Morgan fingerprint density at radius 3 is 2.58 bits per heavy atom. The predicted octanol–water partition coefficient (Wildman–Crippen LogP) is 3.89. The number of hydrogen-bond donors (Lipinski definition) is 0. The summed E-state index contributed by atoms with van der Waals surface area (Å²) < 4.78 is 11.7. The number of carbonyl (C=O) groups excluding carboxylic acids is 1. The SMILES string of the molecule is Cc1cccc(OCCN2C(=O)C(C)(C)Oc3ccc(C)cc32)c1. The van der Waals surface area contributed by atoms with E-state index < -0.39 is 5.60 Å². The highest BCUT2D eigenvalue weighted by Crippen LogP contribution is 2.38. The lowest BCUT2D eigenvalue weighted by molar-refractivity contribution is -0.132. The molecule has 1 aliphatic rings. The lowest BCUT2D eigenvalue weighted by Crippen LogP contribution is -2.53. The highest BCUT2D eigenvalue weighted by Gasteiger charge is 2.40. The van der Waals surface area contributed by atoms with Crippen molar-refractivity contribution in [1.29, 1.82) is 0 Å². The Hall–Kier alpha value is -2.49. The van der Waals surface area contributed by atoms with Gasteiger partial charge >= 0.3 is 0 Å². The Morgan fingerprint density at radius 1 is 1.08 bits per heavy atom. The molecule has 1 aliphatic heterocycles. The van der Waals surface area contributed by atoms with Crippen molar-refractivity contribution < 1.29 is 14.3 Å². The Morgan fingerprint density at radius 2 is 1.83 bits per heavy atom. The van der Waals surface area contributed by atoms with E-state index in [1.54, 1.807) is 18.7 Å². The maximum atomic E-state index is 12.8. The van der Waals surface area contributed by atoms with Crippen molar-refractivity contribution in [3.8, 4) is 11.5 Å². The predicted molar refractivity (Wildman–Crippen MR) is 94.9 cm³/mol. The van der Waals surface area contributed by atoms with Gasteiger partial charge < -0.3 is 14.4 Å². The topological polar surface area (TPSA) is 38.8 Å². The third kappa shape index (κ3) is 3.23. The third-order valence-corrected chi connectivity index (χ3v) is 4.10. The van der Waals surface area contributed by atoms with Gasteiger partial charge in [-0.25, -0.2) is 0 Å². The monoisotopic (exact) mass is 325 g/mol. The highest BCUT2D eigenvalue weighted by molar-refractivity contribution is 6.02. The molecule has 0 aliphatic carbocycles. The molecular formula is C20H23NO3. The summed E-state index contributed by atoms with van der Waals surface area (Å²) in [7, 11) is 0. The number of rotatable bonds is 4. The number of fused-ring (bicyclic) bond motifs is 1. The van der Waals surface area contributed by atoms with Gasteiger partial charge in [-0.3, -0.25) is 4.79 Å². The van der Waals surface area contributed by atoms with Crippen LogP contribution in [0.4, 0.5) is 5.69 Å². The second kappa shape index (κ2) is 6.19. The fourth-order valence-electron chi connectivity index (χ4n) is 2.86. The zero-order valence-corrected chi connectivity index (χ0v) is 14.6. The van der Waals surface area contributed by atoms with Crippen molar-refractivity contribution in [2.45, 2.75) is 33.3 Å². The first-order valence-corrected chi connectivity index (χ1v) is 8.18. The van der Waals surface area contributed by atoms with Gasteiger partial charge in [0.2, 0.25) is 0 Å². The number of nitrogens with zero attached hydrogens (tertiary/aromatic N) is 1. The quantitative estimate of drug-likeness (QED) is 0.856. The number of carbonyl (C=O) groups is 1. The molecule has 1 amide bonds. The molecule has 0 radical (unpaired) electrons. The zero-order valence-electron chi connectivity index (χ0n) is 14.6. The lowest BCUT2D eigenvalue weighted by atomic mass is 10.0. The summed E-state index contributed by atoms with van der Waals surface area (Å²) in [6.07, 6.45) is 0. The Labute approximate surface area is 143 Å². The fraction of sp³-hybridized carbons (Fsp3) is 0.350. The van der Waals surface area contributed by atoms with Gasteiger partial charge in [0.25, 0.3) is 5.91 Å². The average molecular weight is 325 g/mol. The van der Waals surface area contributed by atoms with Gasteiger partial charge in [-0.05, 0) is 63.1 Å². The summed E-state index contributed by atoms with van der Waals surface area (Å²) in [4.78, 5) is 14.5. The van der Waals surface area contributed by atoms with Crippen molar-refractivity contribution in [2.24, 2.45) is 0 Å². The van der Waals surface area contributed by atoms with Crippen molar-refractivity contribution in [3.05, 3.63) is 53.6 Å². The molecule has 0 atom stereocenters. The van der Waals surface area contributed by atoms with Crippen LogP contribution >= 0.6 is 0 Å². The smallest absolute Gasteiger partial charge is 0.270 e. The van der Waals surface area contributed by atoms with Crippen LogP contribution in [0.25, 0.3) is 0 Å². The Kier molecular flexibility index (Phi) is 4.22. The molecular weight excluding hydrogens is 302 g/mol. The minimum Gasteiger partial charge on any atom is -0.492 e. The first-order chi connectivity index (χ1) is 11.4. The summed E-state index contributed by atoms with van der Waals surface area (Å²) in [5.41, 5.74) is 2.18. The molecule has 3 rings (SSSR count). The van der Waals surface area contributed by atoms with Gasteiger partial charge in [-0.1, -0.05) is 18.2 Å². The summed E-state index contributed by atoms with van der Waals surface area (Å²) in [5, 5.41) is 0. The number of amides is 1. The van der Waals surface area contributed by atoms with Gasteiger partial charge in [0.15, 0.2) is 5.60 Å². The summed E-state index contributed by atoms with van der Waals surface area (Å²) in [5.74, 6) is 1.51. The van der Waals surface area contributed by atoms with Crippen LogP contribution in [0.1, 0.15) is 25.0 Å². The van der Waals surface area contributed by atoms with Gasteiger partial charge in [-0.2, -0.15) is 0 Å². The van der Waals surface area contributed by atoms with Crippen LogP contribution in [-0.2, 0) is 4.79 Å². The van der Waals surface area contributed by atoms with Crippen LogP contribution in [0, 0.1) is 13.8 Å². The number of benzene rings is 2. The summed E-state index contributed by atoms with van der Waals surface area (Å²) in [6.45, 7) is 8.54. The van der Waals surface area contributed by atoms with E-state index >= 15 is 0 Å². The molecule has 0 saturated heterocycles. The second-order valence-corrected chi connectivity index (χ2v) is 6.71. The van der Waals surface area contributed by atoms with E-state index in [9.17, 15) is 4.79 Å². The number of ether oxygens (including phenoxy) is 2. The van der Waals surface area contributed by atoms with Crippen LogP contribution in [0.15, 0.2) is 42.5 Å². The largest absolute Gasteiger partial charge is 0.492 e. The normalized spacial score (nSPS) is 15.7. The maximum absolute atomic E-state index is 12.8. The molecule has 0 aromatic heterocycles. The van der Waals surface area contributed by atoms with Gasteiger partial charge in [0, 0.05) is 0 Å². The molecule has 4 heteroatoms. The molecule has 2 aromatic rings. The Balaban J connectivity index is 1.78. The van der Waals surface area contributed by atoms with Crippen LogP contribution in [-0.4, -0.2) is 24.7 Å². The van der Waals surface area contributed by atoms with E-state index in [-0.39, 0.29) is 5.91 Å². The summed E-state index contributed by atoms with van der Waals surface area (Å²) in [6, 6.07) is 13.8. The van der Waals surface area contributed by atoms with Crippen molar-refractivity contribution in [3.63, 3.8) is 0 Å². The second-order valence-electron chi connectivity index (χ2n) is 6.71. The molecule has 24 heavy (non-hydrogen) atoms. The lowest BCUT2D eigenvalue weighted by Gasteiger charge is -2.38. The number of hydrogen-bond acceptors (Lipinski definition) is 3. The standard InChI is InChI=1S/C20H23NO3/c1-14-6-5-7-16(12-14)23-11-10-21-17-13-15(2)8-9-18(17)24-20(3,4)19(21)22/h5-9,12-13H,10-11H2,1-4H3. The van der Waals surface area contributed by atoms with E-state index in [0.29, 0.717) is 13.2 Å². The maximum Gasteiger partial charge on any atom is 0.270 e. The third-order valence-electron chi connectivity index (χ3n) is 4.10. The first kappa shape index (κ1) is 16.4. The van der Waals surface area contributed by atoms with Crippen molar-refractivity contribution in [2.75, 3.05) is 18.1 Å². The molecule has 126 valence electrons. The number of anilines is 1. The molecule has 0 N–H and O–H groups in total. The molecule has 0 unspecified atom stereocenters. The van der Waals surface area contributed by atoms with Crippen LogP contribution in [0.5, 0.6) is 11.5 Å². The van der Waals surface area contributed by atoms with Gasteiger partial charge in [0.1, 0.15) is 18.1 Å². The highest BCUT2D eigenvalue weighted by atomic mass is 16.5. The van der Waals surface area contributed by atoms with E-state index in [2.05, 4.69) is 0 Å². The van der Waals surface area contributed by atoms with E-state index in [1.165, 1.54) is 0 Å². The van der Waals surface area contributed by atoms with Crippen molar-refractivity contribution >= 4 is 11.6 Å². The molecule has 2 aromatic carbocycles. The fourth-order valence-corrected chi connectivity index (χ4v) is 2.86. The molecule has 0 spiro atoms. The molecule has 4 nitrogen and oxygen atoms in total. The summed E-state index contributed by atoms with van der Waals surface area (Å²) >= 11 is 0. The van der Waals surface area contributed by atoms with E-state index in [1.807, 2.05) is 56.3 Å². The van der Waals surface area contributed by atoms with Crippen LogP contribution in [0.3, 0.4) is 0 Å².